The summed E-state index contributed by atoms with van der Waals surface area (Å²) in [6, 6.07) is 1.87. The van der Waals surface area contributed by atoms with Crippen LogP contribution in [0.5, 0.6) is 0 Å². The van der Waals surface area contributed by atoms with Gasteiger partial charge in [0.25, 0.3) is 5.91 Å². The minimum atomic E-state index is -0.382. The van der Waals surface area contributed by atoms with E-state index in [1.54, 1.807) is 11.3 Å². The molecule has 0 aromatic carbocycles. The van der Waals surface area contributed by atoms with Crippen LogP contribution in [0.15, 0.2) is 9.85 Å². The fourth-order valence-electron chi connectivity index (χ4n) is 1.04. The largest absolute Gasteiger partial charge is 0.350 e. The van der Waals surface area contributed by atoms with E-state index in [0.29, 0.717) is 12.1 Å². The molecule has 84 valence electrons. The van der Waals surface area contributed by atoms with Gasteiger partial charge in [-0.2, -0.15) is 0 Å². The predicted octanol–water partition coefficient (Wildman–Crippen LogP) is 2.29. The van der Waals surface area contributed by atoms with Gasteiger partial charge in [0.1, 0.15) is 0 Å². The first-order chi connectivity index (χ1) is 6.79. The number of thiophene rings is 1. The van der Waals surface area contributed by atoms with Crippen molar-refractivity contribution in [3.8, 4) is 0 Å². The summed E-state index contributed by atoms with van der Waals surface area (Å²) in [5, 5.41) is 2.81. The van der Waals surface area contributed by atoms with Crippen molar-refractivity contribution in [2.24, 2.45) is 5.73 Å². The first-order valence-electron chi connectivity index (χ1n) is 4.62. The predicted molar refractivity (Wildman–Crippen MR) is 67.4 cm³/mol. The van der Waals surface area contributed by atoms with Crippen molar-refractivity contribution < 1.29 is 4.79 Å². The van der Waals surface area contributed by atoms with E-state index in [2.05, 4.69) is 21.2 Å². The molecule has 0 aliphatic carbocycles. The Bertz CT molecular complexity index is 368. The van der Waals surface area contributed by atoms with Crippen LogP contribution in [0.25, 0.3) is 0 Å². The Morgan fingerprint density at radius 2 is 2.27 bits per heavy atom. The molecule has 1 heterocycles. The molecule has 0 fully saturated rings. The number of hydrogen-bond acceptors (Lipinski definition) is 3. The van der Waals surface area contributed by atoms with Crippen LogP contribution in [0, 0.1) is 6.92 Å². The molecule has 1 amide bonds. The average Bonchev–Trinajstić information content (AvgIpc) is 2.40. The summed E-state index contributed by atoms with van der Waals surface area (Å²) in [5.41, 5.74) is 6.08. The molecule has 0 unspecified atom stereocenters. The summed E-state index contributed by atoms with van der Waals surface area (Å²) in [4.78, 5) is 12.8. The molecule has 3 nitrogen and oxygen atoms in total. The van der Waals surface area contributed by atoms with Gasteiger partial charge in [0, 0.05) is 17.0 Å². The van der Waals surface area contributed by atoms with Crippen molar-refractivity contribution in [1.29, 1.82) is 0 Å². The summed E-state index contributed by atoms with van der Waals surface area (Å²) in [7, 11) is 0. The van der Waals surface area contributed by atoms with E-state index in [0.717, 1.165) is 8.66 Å². The third-order valence-electron chi connectivity index (χ3n) is 1.76. The number of nitrogens with two attached hydrogens (primary N) is 1. The fraction of sp³-hybridized carbons (Fsp3) is 0.500. The van der Waals surface area contributed by atoms with E-state index in [4.69, 9.17) is 5.73 Å². The van der Waals surface area contributed by atoms with E-state index in [1.165, 1.54) is 0 Å². The van der Waals surface area contributed by atoms with E-state index in [1.807, 2.05) is 26.8 Å². The maximum atomic E-state index is 11.7. The molecule has 0 radical (unpaired) electrons. The molecule has 3 N–H and O–H groups in total. The maximum absolute atomic E-state index is 11.7. The van der Waals surface area contributed by atoms with Crippen LogP contribution in [-0.4, -0.2) is 18.0 Å². The van der Waals surface area contributed by atoms with Crippen LogP contribution in [0.3, 0.4) is 0 Å². The molecule has 0 aliphatic heterocycles. The van der Waals surface area contributed by atoms with Crippen molar-refractivity contribution in [3.63, 3.8) is 0 Å². The monoisotopic (exact) mass is 290 g/mol. The molecule has 15 heavy (non-hydrogen) atoms. The van der Waals surface area contributed by atoms with Gasteiger partial charge in [-0.05, 0) is 42.8 Å². The number of rotatable bonds is 3. The average molecular weight is 291 g/mol. The number of carbonyl (C=O) groups is 1. The van der Waals surface area contributed by atoms with Gasteiger partial charge in [-0.1, -0.05) is 0 Å². The zero-order valence-corrected chi connectivity index (χ0v) is 11.5. The molecule has 0 spiro atoms. The number of aryl methyl sites for hydroxylation is 1. The lowest BCUT2D eigenvalue weighted by atomic mass is 10.1. The van der Waals surface area contributed by atoms with Crippen LogP contribution < -0.4 is 11.1 Å². The molecular weight excluding hydrogens is 276 g/mol. The highest BCUT2D eigenvalue weighted by atomic mass is 79.9. The van der Waals surface area contributed by atoms with Crippen molar-refractivity contribution in [2.45, 2.75) is 26.3 Å². The molecule has 1 aromatic rings. The lowest BCUT2D eigenvalue weighted by Gasteiger charge is -2.18. The molecule has 0 aliphatic rings. The first kappa shape index (κ1) is 12.7. The minimum Gasteiger partial charge on any atom is -0.350 e. The molecule has 1 rings (SSSR count). The number of hydrogen-bond donors (Lipinski definition) is 2. The Balaban J connectivity index is 2.66. The van der Waals surface area contributed by atoms with Crippen molar-refractivity contribution >= 4 is 33.2 Å². The smallest absolute Gasteiger partial charge is 0.253 e. The van der Waals surface area contributed by atoms with Crippen LogP contribution in [-0.2, 0) is 0 Å². The molecular formula is C10H15BrN2OS. The first-order valence-corrected chi connectivity index (χ1v) is 6.23. The molecule has 0 bridgehead atoms. The van der Waals surface area contributed by atoms with E-state index in [9.17, 15) is 4.79 Å². The van der Waals surface area contributed by atoms with Crippen LogP contribution in [0.1, 0.15) is 29.1 Å². The molecule has 0 atom stereocenters. The topological polar surface area (TPSA) is 55.1 Å². The lowest BCUT2D eigenvalue weighted by molar-refractivity contribution is 0.0946. The Kier molecular flexibility index (Phi) is 3.92. The van der Waals surface area contributed by atoms with Gasteiger partial charge in [0.15, 0.2) is 0 Å². The number of halogens is 1. The van der Waals surface area contributed by atoms with Gasteiger partial charge in [-0.3, -0.25) is 4.79 Å². The lowest BCUT2D eigenvalue weighted by Crippen LogP contribution is -2.45. The van der Waals surface area contributed by atoms with Crippen LogP contribution >= 0.6 is 27.3 Å². The van der Waals surface area contributed by atoms with E-state index in [-0.39, 0.29) is 11.4 Å². The Morgan fingerprint density at radius 1 is 1.67 bits per heavy atom. The Hall–Kier alpha value is -0.390. The number of carbonyl (C=O) groups excluding carboxylic acids is 1. The Morgan fingerprint density at radius 3 is 2.67 bits per heavy atom. The Labute approximate surface area is 102 Å². The van der Waals surface area contributed by atoms with E-state index < -0.39 is 0 Å². The van der Waals surface area contributed by atoms with Gasteiger partial charge in [-0.15, -0.1) is 11.3 Å². The van der Waals surface area contributed by atoms with Crippen molar-refractivity contribution in [3.05, 3.63) is 20.3 Å². The van der Waals surface area contributed by atoms with Crippen molar-refractivity contribution in [2.75, 3.05) is 6.54 Å². The summed E-state index contributed by atoms with van der Waals surface area (Å²) in [6.45, 7) is 6.19. The van der Waals surface area contributed by atoms with E-state index >= 15 is 0 Å². The summed E-state index contributed by atoms with van der Waals surface area (Å²) in [6.07, 6.45) is 0. The third kappa shape index (κ3) is 3.93. The van der Waals surface area contributed by atoms with Gasteiger partial charge < -0.3 is 11.1 Å². The highest BCUT2D eigenvalue weighted by molar-refractivity contribution is 9.11. The van der Waals surface area contributed by atoms with Gasteiger partial charge in [-0.25, -0.2) is 0 Å². The quantitative estimate of drug-likeness (QED) is 0.897. The normalized spacial score (nSPS) is 11.5. The fourth-order valence-corrected chi connectivity index (χ4v) is 2.83. The highest BCUT2D eigenvalue weighted by Gasteiger charge is 2.16. The molecule has 0 saturated carbocycles. The minimum absolute atomic E-state index is 0.0789. The zero-order chi connectivity index (χ0) is 11.6. The maximum Gasteiger partial charge on any atom is 0.253 e. The summed E-state index contributed by atoms with van der Waals surface area (Å²) < 4.78 is 0.868. The van der Waals surface area contributed by atoms with Gasteiger partial charge in [0.05, 0.1) is 9.35 Å². The van der Waals surface area contributed by atoms with Gasteiger partial charge >= 0.3 is 0 Å². The van der Waals surface area contributed by atoms with Gasteiger partial charge in [0.2, 0.25) is 0 Å². The third-order valence-corrected chi connectivity index (χ3v) is 3.51. The SMILES string of the molecule is Cc1cc(C(=O)NCC(C)(C)N)c(Br)s1. The second kappa shape index (κ2) is 4.63. The second-order valence-corrected chi connectivity index (χ2v) is 6.79. The molecule has 1 aromatic heterocycles. The van der Waals surface area contributed by atoms with Crippen LogP contribution in [0.2, 0.25) is 0 Å². The second-order valence-electron chi connectivity index (χ2n) is 4.22. The number of nitrogens with one attached hydrogen (secondary N) is 1. The highest BCUT2D eigenvalue weighted by Crippen LogP contribution is 2.27. The molecule has 0 saturated heterocycles. The standard InChI is InChI=1S/C10H15BrN2OS/c1-6-4-7(8(11)15-6)9(14)13-5-10(2,3)12/h4H,5,12H2,1-3H3,(H,13,14). The summed E-state index contributed by atoms with van der Waals surface area (Å²) >= 11 is 4.92. The molecule has 5 heteroatoms. The van der Waals surface area contributed by atoms with Crippen molar-refractivity contribution in [1.82, 2.24) is 5.32 Å². The zero-order valence-electron chi connectivity index (χ0n) is 9.06. The summed E-state index contributed by atoms with van der Waals surface area (Å²) in [5.74, 6) is -0.0789. The van der Waals surface area contributed by atoms with Crippen LogP contribution in [0.4, 0.5) is 0 Å². The number of amides is 1.